The van der Waals surface area contributed by atoms with Crippen LogP contribution in [0.2, 0.25) is 0 Å². The number of carbonyl (C=O) groups excluding carboxylic acids is 2. The Morgan fingerprint density at radius 2 is 1.88 bits per heavy atom. The molecule has 0 aromatic carbocycles. The highest BCUT2D eigenvalue weighted by Crippen LogP contribution is 2.36. The van der Waals surface area contributed by atoms with Crippen LogP contribution < -0.4 is 17.2 Å². The average Bonchev–Trinajstić information content (AvgIpc) is 2.61. The fourth-order valence-corrected chi connectivity index (χ4v) is 3.85. The number of nitrogens with two attached hydrogens (primary N) is 3. The van der Waals surface area contributed by atoms with Crippen molar-refractivity contribution in [3.05, 3.63) is 0 Å². The monoisotopic (exact) mass is 370 g/mol. The zero-order chi connectivity index (χ0) is 19.7. The molecule has 0 aromatic rings. The smallest absolute Gasteiger partial charge is 0.418 e. The number of hydrogen-bond donors (Lipinski definition) is 4. The summed E-state index contributed by atoms with van der Waals surface area (Å²) in [6.07, 6.45) is 3.86. The molecule has 26 heavy (non-hydrogen) atoms. The molecule has 1 rings (SSSR count). The van der Waals surface area contributed by atoms with E-state index in [9.17, 15) is 14.4 Å². The number of ketones is 1. The lowest BCUT2D eigenvalue weighted by Crippen LogP contribution is -2.46. The number of Topliss-reactive ketones (excluding diaryl/α,β-unsaturated/α-hetero) is 1. The van der Waals surface area contributed by atoms with Crippen molar-refractivity contribution in [3.63, 3.8) is 0 Å². The SMILES string of the molecule is CC(CC(=O)[C@H]1CC[C@H](CN)CC1)(O[C]=O)C(CCN)C[C@H](N)C(=O)O. The maximum Gasteiger partial charge on any atom is 0.418 e. The molecule has 8 nitrogen and oxygen atoms in total. The molecule has 2 unspecified atom stereocenters. The third kappa shape index (κ3) is 6.34. The van der Waals surface area contributed by atoms with Gasteiger partial charge < -0.3 is 27.0 Å². The summed E-state index contributed by atoms with van der Waals surface area (Å²) in [4.78, 5) is 34.8. The van der Waals surface area contributed by atoms with Crippen LogP contribution in [0.15, 0.2) is 0 Å². The number of carbonyl (C=O) groups is 2. The van der Waals surface area contributed by atoms with E-state index >= 15 is 0 Å². The summed E-state index contributed by atoms with van der Waals surface area (Å²) in [6, 6.07) is -1.11. The van der Waals surface area contributed by atoms with E-state index in [0.717, 1.165) is 25.7 Å². The summed E-state index contributed by atoms with van der Waals surface area (Å²) in [5, 5.41) is 9.08. The molecule has 1 aliphatic carbocycles. The number of rotatable bonds is 12. The summed E-state index contributed by atoms with van der Waals surface area (Å²) < 4.78 is 5.18. The predicted molar refractivity (Wildman–Crippen MR) is 96.7 cm³/mol. The molecule has 0 saturated heterocycles. The third-order valence-electron chi connectivity index (χ3n) is 5.67. The number of carboxylic acid groups (broad SMARTS) is 1. The molecule has 0 bridgehead atoms. The highest BCUT2D eigenvalue weighted by atomic mass is 16.5. The first-order valence-electron chi connectivity index (χ1n) is 9.23. The van der Waals surface area contributed by atoms with E-state index < -0.39 is 23.5 Å². The van der Waals surface area contributed by atoms with Crippen LogP contribution in [0.5, 0.6) is 0 Å². The Morgan fingerprint density at radius 1 is 1.27 bits per heavy atom. The van der Waals surface area contributed by atoms with Crippen LogP contribution in [-0.2, 0) is 19.1 Å². The van der Waals surface area contributed by atoms with Gasteiger partial charge in [-0.15, -0.1) is 0 Å². The molecule has 0 spiro atoms. The first-order chi connectivity index (χ1) is 12.3. The van der Waals surface area contributed by atoms with E-state index in [-0.39, 0.29) is 31.1 Å². The van der Waals surface area contributed by atoms with Crippen LogP contribution in [0.3, 0.4) is 0 Å². The normalized spacial score (nSPS) is 24.9. The van der Waals surface area contributed by atoms with Crippen molar-refractivity contribution in [2.24, 2.45) is 35.0 Å². The van der Waals surface area contributed by atoms with Gasteiger partial charge in [-0.05, 0) is 64.5 Å². The molecule has 1 radical (unpaired) electrons. The van der Waals surface area contributed by atoms with Crippen LogP contribution in [0.25, 0.3) is 0 Å². The van der Waals surface area contributed by atoms with E-state index in [2.05, 4.69) is 0 Å². The summed E-state index contributed by atoms with van der Waals surface area (Å²) in [5.41, 5.74) is 15.8. The summed E-state index contributed by atoms with van der Waals surface area (Å²) >= 11 is 0. The average molecular weight is 370 g/mol. The Morgan fingerprint density at radius 3 is 2.35 bits per heavy atom. The Labute approximate surface area is 154 Å². The highest BCUT2D eigenvalue weighted by Gasteiger charge is 2.41. The lowest BCUT2D eigenvalue weighted by Gasteiger charge is -2.37. The van der Waals surface area contributed by atoms with Gasteiger partial charge in [-0.2, -0.15) is 0 Å². The van der Waals surface area contributed by atoms with Crippen molar-refractivity contribution in [2.45, 2.75) is 63.5 Å². The second-order valence-electron chi connectivity index (χ2n) is 7.55. The molecule has 0 amide bonds. The second-order valence-corrected chi connectivity index (χ2v) is 7.55. The van der Waals surface area contributed by atoms with Crippen LogP contribution in [-0.4, -0.2) is 48.1 Å². The zero-order valence-corrected chi connectivity index (χ0v) is 15.5. The topological polar surface area (TPSA) is 159 Å². The van der Waals surface area contributed by atoms with Gasteiger partial charge in [0, 0.05) is 18.3 Å². The van der Waals surface area contributed by atoms with Crippen LogP contribution >= 0.6 is 0 Å². The van der Waals surface area contributed by atoms with Gasteiger partial charge >= 0.3 is 12.4 Å². The van der Waals surface area contributed by atoms with Crippen LogP contribution in [0.4, 0.5) is 0 Å². The van der Waals surface area contributed by atoms with Gasteiger partial charge in [-0.25, -0.2) is 4.79 Å². The maximum absolute atomic E-state index is 12.8. The number of hydrogen-bond acceptors (Lipinski definition) is 7. The summed E-state index contributed by atoms with van der Waals surface area (Å²) in [5.74, 6) is -1.19. The van der Waals surface area contributed by atoms with Crippen LogP contribution in [0.1, 0.15) is 51.9 Å². The minimum Gasteiger partial charge on any atom is -0.480 e. The lowest BCUT2D eigenvalue weighted by atomic mass is 9.74. The standard InChI is InChI=1S/C18H32N3O5/c1-18(26-11-22,14(6-7-19)8-15(21)17(24)25)9-16(23)13-4-2-12(10-20)3-5-13/h12-15H,2-10,19-21H2,1H3,(H,24,25)/t12-,13-,14?,15-,18?/m0/s1. The molecule has 1 saturated carbocycles. The molecule has 0 heterocycles. The summed E-state index contributed by atoms with van der Waals surface area (Å²) in [6.45, 7) is 3.96. The molecule has 149 valence electrons. The van der Waals surface area contributed by atoms with E-state index in [0.29, 0.717) is 18.9 Å². The van der Waals surface area contributed by atoms with Crippen molar-refractivity contribution >= 4 is 18.2 Å². The van der Waals surface area contributed by atoms with E-state index in [1.807, 2.05) is 0 Å². The third-order valence-corrected chi connectivity index (χ3v) is 5.67. The molecule has 7 N–H and O–H groups in total. The van der Waals surface area contributed by atoms with Crippen molar-refractivity contribution in [1.82, 2.24) is 0 Å². The van der Waals surface area contributed by atoms with E-state index in [1.54, 1.807) is 6.92 Å². The number of ether oxygens (including phenoxy) is 1. The minimum atomic E-state index is -1.17. The molecule has 0 aromatic heterocycles. The van der Waals surface area contributed by atoms with Crippen molar-refractivity contribution < 1.29 is 24.2 Å². The molecule has 1 aliphatic rings. The summed E-state index contributed by atoms with van der Waals surface area (Å²) in [7, 11) is 0. The lowest BCUT2D eigenvalue weighted by molar-refractivity contribution is -0.139. The zero-order valence-electron chi connectivity index (χ0n) is 15.5. The van der Waals surface area contributed by atoms with Crippen LogP contribution in [0, 0.1) is 17.8 Å². The van der Waals surface area contributed by atoms with Gasteiger partial charge in [0.25, 0.3) is 0 Å². The largest absolute Gasteiger partial charge is 0.480 e. The van der Waals surface area contributed by atoms with Crippen molar-refractivity contribution in [2.75, 3.05) is 13.1 Å². The first-order valence-corrected chi connectivity index (χ1v) is 9.23. The van der Waals surface area contributed by atoms with Gasteiger partial charge in [0.1, 0.15) is 17.4 Å². The van der Waals surface area contributed by atoms with Gasteiger partial charge in [0.2, 0.25) is 0 Å². The fourth-order valence-electron chi connectivity index (χ4n) is 3.85. The minimum absolute atomic E-state index is 0.0111. The Hall–Kier alpha value is -1.51. The number of carboxylic acids is 1. The molecule has 0 aliphatic heterocycles. The fraction of sp³-hybridized carbons (Fsp3) is 0.833. The van der Waals surface area contributed by atoms with Crippen molar-refractivity contribution in [3.8, 4) is 0 Å². The molecule has 3 atom stereocenters. The van der Waals surface area contributed by atoms with Gasteiger partial charge in [0.05, 0.1) is 0 Å². The van der Waals surface area contributed by atoms with Gasteiger partial charge in [-0.3, -0.25) is 9.59 Å². The Balaban J connectivity index is 2.85. The maximum atomic E-state index is 12.8. The van der Waals surface area contributed by atoms with E-state index in [4.69, 9.17) is 27.0 Å². The molecular weight excluding hydrogens is 338 g/mol. The molecular formula is C18H32N3O5. The van der Waals surface area contributed by atoms with Gasteiger partial charge in [0.15, 0.2) is 0 Å². The predicted octanol–water partition coefficient (Wildman–Crippen LogP) is 0.320. The quantitative estimate of drug-likeness (QED) is 0.382. The first kappa shape index (κ1) is 22.5. The van der Waals surface area contributed by atoms with E-state index in [1.165, 1.54) is 6.47 Å². The van der Waals surface area contributed by atoms with Crippen molar-refractivity contribution in [1.29, 1.82) is 0 Å². The Kier molecular flexibility index (Phi) is 9.18. The molecule has 1 fully saturated rings. The second kappa shape index (κ2) is 10.6. The van der Waals surface area contributed by atoms with Gasteiger partial charge in [-0.1, -0.05) is 0 Å². The number of aliphatic carboxylic acids is 1. The Bertz CT molecular complexity index is 479. The molecule has 8 heteroatoms. The highest BCUT2D eigenvalue weighted by molar-refractivity contribution is 5.82.